The summed E-state index contributed by atoms with van der Waals surface area (Å²) in [5.41, 5.74) is -2.00. The van der Waals surface area contributed by atoms with Crippen molar-refractivity contribution in [1.29, 1.82) is 0 Å². The first-order valence-corrected chi connectivity index (χ1v) is 11.6. The Morgan fingerprint density at radius 2 is 1.91 bits per heavy atom. The standard InChI is InChI=1S/C19H21F5N4O3S/c1-11-15(17(29)26-13-5-8-25-14(9-13)32(2,30)31)28(27-16(11)19(22,23)24)10-12-3-6-18(20,21)7-4-12/h5,8-9,12H,3-4,6-7,10H2,1-2H3,(H,25,26,29). The first kappa shape index (κ1) is 24.1. The topological polar surface area (TPSA) is 93.9 Å². The lowest BCUT2D eigenvalue weighted by Crippen LogP contribution is -2.28. The number of halogens is 5. The van der Waals surface area contributed by atoms with Crippen molar-refractivity contribution in [2.75, 3.05) is 11.6 Å². The van der Waals surface area contributed by atoms with Crippen LogP contribution >= 0.6 is 0 Å². The van der Waals surface area contributed by atoms with Crippen LogP contribution in [-0.4, -0.2) is 41.3 Å². The number of hydrogen-bond acceptors (Lipinski definition) is 5. The molecule has 1 fully saturated rings. The second-order valence-electron chi connectivity index (χ2n) is 7.91. The van der Waals surface area contributed by atoms with Crippen LogP contribution in [0.3, 0.4) is 0 Å². The Morgan fingerprint density at radius 1 is 1.28 bits per heavy atom. The summed E-state index contributed by atoms with van der Waals surface area (Å²) in [5.74, 6) is -4.09. The highest BCUT2D eigenvalue weighted by Gasteiger charge is 2.40. The molecule has 32 heavy (non-hydrogen) atoms. The van der Waals surface area contributed by atoms with Gasteiger partial charge in [-0.05, 0) is 37.8 Å². The van der Waals surface area contributed by atoms with E-state index in [1.807, 2.05) is 0 Å². The van der Waals surface area contributed by atoms with Gasteiger partial charge in [0.15, 0.2) is 20.6 Å². The number of nitrogens with zero attached hydrogens (tertiary/aromatic N) is 3. The summed E-state index contributed by atoms with van der Waals surface area (Å²) in [6.07, 6.45) is -3.33. The Kier molecular flexibility index (Phi) is 6.33. The van der Waals surface area contributed by atoms with Gasteiger partial charge in [-0.25, -0.2) is 22.2 Å². The number of hydrogen-bond donors (Lipinski definition) is 1. The van der Waals surface area contributed by atoms with Crippen LogP contribution in [0.2, 0.25) is 0 Å². The molecular formula is C19H21F5N4O3S. The van der Waals surface area contributed by atoms with Crippen LogP contribution < -0.4 is 5.32 Å². The maximum atomic E-state index is 13.4. The molecule has 7 nitrogen and oxygen atoms in total. The van der Waals surface area contributed by atoms with Gasteiger partial charge < -0.3 is 5.32 Å². The average Bonchev–Trinajstić information content (AvgIpc) is 2.99. The summed E-state index contributed by atoms with van der Waals surface area (Å²) in [4.78, 5) is 16.6. The lowest BCUT2D eigenvalue weighted by molar-refractivity contribution is -0.142. The summed E-state index contributed by atoms with van der Waals surface area (Å²) in [6.45, 7) is 0.978. The number of nitrogens with one attached hydrogen (secondary N) is 1. The predicted molar refractivity (Wildman–Crippen MR) is 104 cm³/mol. The van der Waals surface area contributed by atoms with Gasteiger partial charge in [0, 0.05) is 43.1 Å². The van der Waals surface area contributed by atoms with Gasteiger partial charge in [0.25, 0.3) is 5.91 Å². The minimum atomic E-state index is -4.82. The molecule has 3 rings (SSSR count). The summed E-state index contributed by atoms with van der Waals surface area (Å²) in [5, 5.41) is 5.62. The first-order chi connectivity index (χ1) is 14.7. The van der Waals surface area contributed by atoms with Crippen molar-refractivity contribution in [3.8, 4) is 0 Å². The molecule has 0 aromatic carbocycles. The van der Waals surface area contributed by atoms with Gasteiger partial charge in [0.2, 0.25) is 5.92 Å². The number of anilines is 1. The van der Waals surface area contributed by atoms with E-state index >= 15 is 0 Å². The van der Waals surface area contributed by atoms with Crippen LogP contribution in [0.25, 0.3) is 0 Å². The molecule has 13 heteroatoms. The lowest BCUT2D eigenvalue weighted by atomic mass is 9.87. The molecular weight excluding hydrogens is 459 g/mol. The highest BCUT2D eigenvalue weighted by atomic mass is 32.2. The molecule has 2 aromatic rings. The van der Waals surface area contributed by atoms with Gasteiger partial charge >= 0.3 is 6.18 Å². The average molecular weight is 480 g/mol. The van der Waals surface area contributed by atoms with Gasteiger partial charge in [-0.2, -0.15) is 18.3 Å². The second-order valence-corrected chi connectivity index (χ2v) is 9.87. The molecule has 2 aromatic heterocycles. The molecule has 1 N–H and O–H groups in total. The van der Waals surface area contributed by atoms with Crippen LogP contribution in [0.1, 0.15) is 47.4 Å². The molecule has 2 heterocycles. The summed E-state index contributed by atoms with van der Waals surface area (Å²) < 4.78 is 91.3. The zero-order valence-electron chi connectivity index (χ0n) is 17.2. The van der Waals surface area contributed by atoms with E-state index in [9.17, 15) is 35.2 Å². The van der Waals surface area contributed by atoms with E-state index in [0.717, 1.165) is 30.1 Å². The van der Waals surface area contributed by atoms with Crippen molar-refractivity contribution < 1.29 is 35.2 Å². The number of rotatable bonds is 5. The van der Waals surface area contributed by atoms with Crippen molar-refractivity contribution in [2.24, 2.45) is 5.92 Å². The smallest absolute Gasteiger partial charge is 0.321 e. The minimum Gasteiger partial charge on any atom is -0.321 e. The summed E-state index contributed by atoms with van der Waals surface area (Å²) in [7, 11) is -3.68. The first-order valence-electron chi connectivity index (χ1n) is 9.67. The number of alkyl halides is 5. The van der Waals surface area contributed by atoms with E-state index in [4.69, 9.17) is 0 Å². The molecule has 1 aliphatic rings. The third kappa shape index (κ3) is 5.43. The molecule has 1 aliphatic carbocycles. The number of aromatic nitrogens is 3. The molecule has 0 saturated heterocycles. The largest absolute Gasteiger partial charge is 0.435 e. The number of carbonyl (C=O) groups is 1. The monoisotopic (exact) mass is 480 g/mol. The van der Waals surface area contributed by atoms with Gasteiger partial charge in [-0.1, -0.05) is 0 Å². The number of carbonyl (C=O) groups excluding carboxylic acids is 1. The molecule has 176 valence electrons. The van der Waals surface area contributed by atoms with E-state index in [2.05, 4.69) is 15.4 Å². The molecule has 0 atom stereocenters. The number of sulfone groups is 1. The van der Waals surface area contributed by atoms with Crippen molar-refractivity contribution in [3.63, 3.8) is 0 Å². The highest BCUT2D eigenvalue weighted by Crippen LogP contribution is 2.38. The Hall–Kier alpha value is -2.57. The molecule has 0 unspecified atom stereocenters. The van der Waals surface area contributed by atoms with Crippen LogP contribution in [0.5, 0.6) is 0 Å². The Morgan fingerprint density at radius 3 is 2.47 bits per heavy atom. The zero-order valence-corrected chi connectivity index (χ0v) is 18.0. The van der Waals surface area contributed by atoms with Crippen LogP contribution in [0.15, 0.2) is 23.4 Å². The van der Waals surface area contributed by atoms with Gasteiger partial charge in [0.05, 0.1) is 0 Å². The van der Waals surface area contributed by atoms with Crippen molar-refractivity contribution in [3.05, 3.63) is 35.3 Å². The van der Waals surface area contributed by atoms with Crippen molar-refractivity contribution in [2.45, 2.75) is 56.3 Å². The van der Waals surface area contributed by atoms with E-state index in [1.54, 1.807) is 0 Å². The summed E-state index contributed by atoms with van der Waals surface area (Å²) in [6, 6.07) is 2.37. The third-order valence-electron chi connectivity index (χ3n) is 5.31. The second kappa shape index (κ2) is 8.41. The van der Waals surface area contributed by atoms with Crippen molar-refractivity contribution >= 4 is 21.4 Å². The normalized spacial score (nSPS) is 17.3. The SMILES string of the molecule is Cc1c(C(F)(F)F)nn(CC2CCC(F)(F)CC2)c1C(=O)Nc1ccnc(S(C)(=O)=O)c1. The third-order valence-corrected chi connectivity index (χ3v) is 6.30. The zero-order chi connectivity index (χ0) is 23.9. The van der Waals surface area contributed by atoms with Crippen LogP contribution in [0, 0.1) is 12.8 Å². The maximum absolute atomic E-state index is 13.4. The maximum Gasteiger partial charge on any atom is 0.435 e. The highest BCUT2D eigenvalue weighted by molar-refractivity contribution is 7.90. The quantitative estimate of drug-likeness (QED) is 0.651. The van der Waals surface area contributed by atoms with E-state index in [0.29, 0.717) is 0 Å². The Bertz CT molecular complexity index is 1120. The number of amides is 1. The molecule has 0 bridgehead atoms. The Labute approximate surface area is 180 Å². The van der Waals surface area contributed by atoms with E-state index in [1.165, 1.54) is 6.07 Å². The Balaban J connectivity index is 1.92. The molecule has 1 saturated carbocycles. The fraction of sp³-hybridized carbons (Fsp3) is 0.526. The van der Waals surface area contributed by atoms with Crippen molar-refractivity contribution in [1.82, 2.24) is 14.8 Å². The van der Waals surface area contributed by atoms with Crippen LogP contribution in [0.4, 0.5) is 27.6 Å². The van der Waals surface area contributed by atoms with E-state index < -0.39 is 39.1 Å². The number of pyridine rings is 1. The minimum absolute atomic E-state index is 0.0171. The summed E-state index contributed by atoms with van der Waals surface area (Å²) >= 11 is 0. The molecule has 0 spiro atoms. The lowest BCUT2D eigenvalue weighted by Gasteiger charge is -2.28. The molecule has 0 radical (unpaired) electrons. The van der Waals surface area contributed by atoms with Crippen LogP contribution in [-0.2, 0) is 22.6 Å². The van der Waals surface area contributed by atoms with Gasteiger partial charge in [-0.3, -0.25) is 9.48 Å². The van der Waals surface area contributed by atoms with E-state index in [-0.39, 0.29) is 54.6 Å². The van der Waals surface area contributed by atoms with Gasteiger partial charge in [-0.15, -0.1) is 0 Å². The van der Waals surface area contributed by atoms with Gasteiger partial charge in [0.1, 0.15) is 5.69 Å². The fourth-order valence-corrected chi connectivity index (χ4v) is 4.24. The molecule has 1 amide bonds. The fourth-order valence-electron chi connectivity index (χ4n) is 3.65. The predicted octanol–water partition coefficient (Wildman–Crippen LogP) is 4.09. The molecule has 0 aliphatic heterocycles.